The lowest BCUT2D eigenvalue weighted by atomic mass is 10.0. The molecule has 2 aromatic carbocycles. The third-order valence-electron chi connectivity index (χ3n) is 4.20. The summed E-state index contributed by atoms with van der Waals surface area (Å²) in [5.74, 6) is -0.336. The van der Waals surface area contributed by atoms with E-state index in [-0.39, 0.29) is 17.3 Å². The number of carbonyl (C=O) groups excluding carboxylic acids is 1. The molecule has 0 atom stereocenters. The van der Waals surface area contributed by atoms with Gasteiger partial charge in [-0.25, -0.2) is 4.39 Å². The topological polar surface area (TPSA) is 35.6 Å². The fourth-order valence-electron chi connectivity index (χ4n) is 2.99. The average molecular weight is 353 g/mol. The van der Waals surface area contributed by atoms with Crippen LogP contribution in [0.15, 0.2) is 54.6 Å². The van der Waals surface area contributed by atoms with Crippen LogP contribution in [-0.2, 0) is 0 Å². The monoisotopic (exact) mass is 353 g/mol. The van der Waals surface area contributed by atoms with Crippen molar-refractivity contribution < 1.29 is 9.18 Å². The summed E-state index contributed by atoms with van der Waals surface area (Å²) in [6.07, 6.45) is 2.10. The Bertz CT molecular complexity index is 837. The van der Waals surface area contributed by atoms with Crippen LogP contribution in [0.4, 0.5) is 10.1 Å². The van der Waals surface area contributed by atoms with E-state index in [9.17, 15) is 9.18 Å². The van der Waals surface area contributed by atoms with Gasteiger partial charge in [-0.15, -0.1) is 0 Å². The molecule has 1 N–H and O–H groups in total. The molecule has 26 heavy (non-hydrogen) atoms. The Morgan fingerprint density at radius 3 is 2.46 bits per heavy atom. The number of benzene rings is 2. The predicted molar refractivity (Wildman–Crippen MR) is 103 cm³/mol. The first kappa shape index (κ1) is 18.0. The van der Waals surface area contributed by atoms with Gasteiger partial charge in [0.2, 0.25) is 0 Å². The minimum absolute atomic E-state index is 0.0870. The SMILES string of the molecule is CN1C(c2cccc(C(=O)NC(C)(C)C)c2)=CCN1c1ccc(F)cc1. The maximum atomic E-state index is 13.2. The van der Waals surface area contributed by atoms with Gasteiger partial charge in [0.25, 0.3) is 5.91 Å². The van der Waals surface area contributed by atoms with Crippen molar-refractivity contribution in [2.24, 2.45) is 0 Å². The van der Waals surface area contributed by atoms with Gasteiger partial charge >= 0.3 is 0 Å². The fourth-order valence-corrected chi connectivity index (χ4v) is 2.99. The third kappa shape index (κ3) is 3.87. The number of anilines is 1. The quantitative estimate of drug-likeness (QED) is 0.904. The van der Waals surface area contributed by atoms with Crippen molar-refractivity contribution in [1.82, 2.24) is 10.3 Å². The first-order valence-corrected chi connectivity index (χ1v) is 8.64. The summed E-state index contributed by atoms with van der Waals surface area (Å²) in [6.45, 7) is 6.57. The molecule has 0 spiro atoms. The summed E-state index contributed by atoms with van der Waals surface area (Å²) in [6, 6.07) is 14.0. The van der Waals surface area contributed by atoms with E-state index in [0.717, 1.165) is 16.9 Å². The van der Waals surface area contributed by atoms with Gasteiger partial charge in [-0.05, 0) is 63.2 Å². The van der Waals surface area contributed by atoms with Crippen molar-refractivity contribution in [3.63, 3.8) is 0 Å². The molecule has 0 saturated heterocycles. The Labute approximate surface area is 153 Å². The molecule has 5 heteroatoms. The largest absolute Gasteiger partial charge is 0.347 e. The maximum absolute atomic E-state index is 13.2. The lowest BCUT2D eigenvalue weighted by Crippen LogP contribution is -2.40. The van der Waals surface area contributed by atoms with Crippen molar-refractivity contribution in [2.75, 3.05) is 18.6 Å². The van der Waals surface area contributed by atoms with E-state index in [0.29, 0.717) is 12.1 Å². The van der Waals surface area contributed by atoms with Crippen LogP contribution in [0.25, 0.3) is 5.70 Å². The molecule has 3 rings (SSSR count). The Morgan fingerprint density at radius 1 is 1.12 bits per heavy atom. The molecule has 0 radical (unpaired) electrons. The number of hydrazine groups is 1. The molecule has 0 fully saturated rings. The Morgan fingerprint density at radius 2 is 1.81 bits per heavy atom. The standard InChI is InChI=1S/C21H24FN3O/c1-21(2,3)23-20(26)16-7-5-6-15(14-16)19-12-13-25(24(19)4)18-10-8-17(22)9-11-18/h5-12,14H,13H2,1-4H3,(H,23,26). The zero-order chi connectivity index (χ0) is 18.9. The molecule has 0 unspecified atom stereocenters. The molecule has 0 saturated carbocycles. The van der Waals surface area contributed by atoms with Crippen LogP contribution in [0.3, 0.4) is 0 Å². The summed E-state index contributed by atoms with van der Waals surface area (Å²) in [7, 11) is 1.96. The average Bonchev–Trinajstić information content (AvgIpc) is 2.96. The second kappa shape index (κ2) is 6.83. The molecule has 136 valence electrons. The summed E-state index contributed by atoms with van der Waals surface area (Å²) in [5.41, 5.74) is 3.25. The molecule has 1 amide bonds. The summed E-state index contributed by atoms with van der Waals surface area (Å²) in [4.78, 5) is 12.4. The zero-order valence-corrected chi connectivity index (χ0v) is 15.6. The highest BCUT2D eigenvalue weighted by molar-refractivity contribution is 5.95. The second-order valence-electron chi connectivity index (χ2n) is 7.46. The fraction of sp³-hybridized carbons (Fsp3) is 0.286. The summed E-state index contributed by atoms with van der Waals surface area (Å²) >= 11 is 0. The Kier molecular flexibility index (Phi) is 4.72. The minimum atomic E-state index is -0.282. The number of rotatable bonds is 3. The molecule has 0 bridgehead atoms. The maximum Gasteiger partial charge on any atom is 0.251 e. The van der Waals surface area contributed by atoms with Gasteiger partial charge in [0.1, 0.15) is 5.82 Å². The van der Waals surface area contributed by atoms with Crippen molar-refractivity contribution in [3.05, 3.63) is 71.6 Å². The van der Waals surface area contributed by atoms with Crippen LogP contribution in [0.5, 0.6) is 0 Å². The molecule has 2 aromatic rings. The van der Waals surface area contributed by atoms with E-state index in [4.69, 9.17) is 0 Å². The minimum Gasteiger partial charge on any atom is -0.347 e. The molecule has 1 heterocycles. The van der Waals surface area contributed by atoms with Gasteiger partial charge in [0.05, 0.1) is 17.9 Å². The van der Waals surface area contributed by atoms with Crippen LogP contribution in [-0.4, -0.2) is 30.0 Å². The van der Waals surface area contributed by atoms with E-state index < -0.39 is 0 Å². The number of halogens is 1. The summed E-state index contributed by atoms with van der Waals surface area (Å²) < 4.78 is 13.2. The van der Waals surface area contributed by atoms with Gasteiger partial charge in [0, 0.05) is 23.7 Å². The van der Waals surface area contributed by atoms with Crippen LogP contribution in [0.1, 0.15) is 36.7 Å². The number of amides is 1. The molecule has 0 aliphatic carbocycles. The van der Waals surface area contributed by atoms with E-state index in [1.54, 1.807) is 12.1 Å². The molecule has 1 aliphatic heterocycles. The molecule has 1 aliphatic rings. The van der Waals surface area contributed by atoms with Gasteiger partial charge in [0.15, 0.2) is 0 Å². The van der Waals surface area contributed by atoms with E-state index in [1.165, 1.54) is 12.1 Å². The van der Waals surface area contributed by atoms with Crippen LogP contribution in [0, 0.1) is 5.82 Å². The van der Waals surface area contributed by atoms with Crippen LogP contribution >= 0.6 is 0 Å². The zero-order valence-electron chi connectivity index (χ0n) is 15.6. The molecular weight excluding hydrogens is 329 g/mol. The first-order valence-electron chi connectivity index (χ1n) is 8.64. The van der Waals surface area contributed by atoms with E-state index in [1.807, 2.05) is 57.1 Å². The van der Waals surface area contributed by atoms with E-state index >= 15 is 0 Å². The Hall–Kier alpha value is -2.82. The van der Waals surface area contributed by atoms with Gasteiger partial charge in [-0.3, -0.25) is 14.8 Å². The normalized spacial score (nSPS) is 14.4. The number of nitrogens with one attached hydrogen (secondary N) is 1. The smallest absolute Gasteiger partial charge is 0.251 e. The number of hydrogen-bond acceptors (Lipinski definition) is 3. The number of carbonyl (C=O) groups is 1. The molecule has 4 nitrogen and oxygen atoms in total. The first-order chi connectivity index (χ1) is 12.2. The van der Waals surface area contributed by atoms with Crippen molar-refractivity contribution in [2.45, 2.75) is 26.3 Å². The Balaban J connectivity index is 1.80. The second-order valence-corrected chi connectivity index (χ2v) is 7.46. The van der Waals surface area contributed by atoms with Crippen molar-refractivity contribution in [3.8, 4) is 0 Å². The van der Waals surface area contributed by atoms with Gasteiger partial charge in [-0.1, -0.05) is 12.1 Å². The van der Waals surface area contributed by atoms with Gasteiger partial charge in [-0.2, -0.15) is 0 Å². The summed E-state index contributed by atoms with van der Waals surface area (Å²) in [5, 5.41) is 7.06. The third-order valence-corrected chi connectivity index (χ3v) is 4.20. The predicted octanol–water partition coefficient (Wildman–Crippen LogP) is 4.06. The molecule has 0 aromatic heterocycles. The van der Waals surface area contributed by atoms with Crippen LogP contribution < -0.4 is 10.3 Å². The number of hydrogen-bond donors (Lipinski definition) is 1. The van der Waals surface area contributed by atoms with Crippen molar-refractivity contribution >= 4 is 17.3 Å². The lowest BCUT2D eigenvalue weighted by Gasteiger charge is -2.30. The molecular formula is C21H24FN3O. The number of nitrogens with zero attached hydrogens (tertiary/aromatic N) is 2. The van der Waals surface area contributed by atoms with Crippen LogP contribution in [0.2, 0.25) is 0 Å². The highest BCUT2D eigenvalue weighted by Gasteiger charge is 2.23. The van der Waals surface area contributed by atoms with E-state index in [2.05, 4.69) is 16.4 Å². The van der Waals surface area contributed by atoms with Gasteiger partial charge < -0.3 is 5.32 Å². The highest BCUT2D eigenvalue weighted by atomic mass is 19.1. The lowest BCUT2D eigenvalue weighted by molar-refractivity contribution is 0.0919. The van der Waals surface area contributed by atoms with Crippen molar-refractivity contribution in [1.29, 1.82) is 0 Å². The highest BCUT2D eigenvalue weighted by Crippen LogP contribution is 2.29.